The Morgan fingerprint density at radius 2 is 1.84 bits per heavy atom. The number of nitrogens with two attached hydrogens (primary N) is 1. The fourth-order valence-electron chi connectivity index (χ4n) is 1.74. The van der Waals surface area contributed by atoms with Gasteiger partial charge in [0.15, 0.2) is 0 Å². The zero-order valence-corrected chi connectivity index (χ0v) is 12.2. The van der Waals surface area contributed by atoms with Gasteiger partial charge in [0.1, 0.15) is 5.82 Å². The van der Waals surface area contributed by atoms with E-state index in [0.717, 1.165) is 12.0 Å². The van der Waals surface area contributed by atoms with E-state index in [9.17, 15) is 4.39 Å². The third-order valence-electron chi connectivity index (χ3n) is 3.23. The van der Waals surface area contributed by atoms with E-state index in [1.807, 2.05) is 20.8 Å². The lowest BCUT2D eigenvalue weighted by Gasteiger charge is -2.26. The minimum Gasteiger partial charge on any atom is -0.379 e. The van der Waals surface area contributed by atoms with Gasteiger partial charge < -0.3 is 15.2 Å². The minimum absolute atomic E-state index is 0.156. The lowest BCUT2D eigenvalue weighted by atomic mass is 10.0. The Bertz CT molecular complexity index is 376. The van der Waals surface area contributed by atoms with Gasteiger partial charge in [-0.05, 0) is 44.9 Å². The second-order valence-corrected chi connectivity index (χ2v) is 5.42. The summed E-state index contributed by atoms with van der Waals surface area (Å²) in [6.45, 7) is 6.45. The van der Waals surface area contributed by atoms with Crippen molar-refractivity contribution in [3.8, 4) is 0 Å². The van der Waals surface area contributed by atoms with Crippen LogP contribution in [-0.4, -0.2) is 25.4 Å². The number of methoxy groups -OCH3 is 1. The van der Waals surface area contributed by atoms with Gasteiger partial charge in [-0.15, -0.1) is 0 Å². The number of benzene rings is 1. The van der Waals surface area contributed by atoms with Gasteiger partial charge in [-0.1, -0.05) is 12.1 Å². The summed E-state index contributed by atoms with van der Waals surface area (Å²) in [5, 5.41) is 0. The summed E-state index contributed by atoms with van der Waals surface area (Å²) in [6.07, 6.45) is 0.543. The molecule has 3 nitrogen and oxygen atoms in total. The molecule has 0 heterocycles. The van der Waals surface area contributed by atoms with Gasteiger partial charge in [-0.3, -0.25) is 0 Å². The van der Waals surface area contributed by atoms with Crippen molar-refractivity contribution in [2.24, 2.45) is 5.73 Å². The van der Waals surface area contributed by atoms with Gasteiger partial charge in [-0.2, -0.15) is 0 Å². The zero-order valence-electron chi connectivity index (χ0n) is 12.2. The first-order valence-corrected chi connectivity index (χ1v) is 6.53. The molecule has 0 aliphatic rings. The Kier molecular flexibility index (Phi) is 5.91. The highest BCUT2D eigenvalue weighted by Gasteiger charge is 2.20. The van der Waals surface area contributed by atoms with Crippen LogP contribution in [0, 0.1) is 5.82 Å². The molecule has 1 aromatic carbocycles. The molecule has 2 atom stereocenters. The zero-order chi connectivity index (χ0) is 14.5. The van der Waals surface area contributed by atoms with Crippen LogP contribution in [0.2, 0.25) is 0 Å². The second kappa shape index (κ2) is 6.98. The van der Waals surface area contributed by atoms with E-state index < -0.39 is 0 Å². The maximum Gasteiger partial charge on any atom is 0.123 e. The fourth-order valence-corrected chi connectivity index (χ4v) is 1.74. The van der Waals surface area contributed by atoms with E-state index in [1.54, 1.807) is 19.2 Å². The van der Waals surface area contributed by atoms with E-state index in [0.29, 0.717) is 6.61 Å². The second-order valence-electron chi connectivity index (χ2n) is 5.42. The molecular weight excluding hydrogens is 245 g/mol. The van der Waals surface area contributed by atoms with Crippen molar-refractivity contribution in [1.82, 2.24) is 0 Å². The Morgan fingerprint density at radius 3 is 2.32 bits per heavy atom. The molecular formula is C15H24FNO2. The average molecular weight is 269 g/mol. The van der Waals surface area contributed by atoms with Crippen LogP contribution >= 0.6 is 0 Å². The molecule has 0 saturated heterocycles. The topological polar surface area (TPSA) is 44.5 Å². The molecule has 4 heteroatoms. The molecule has 108 valence electrons. The Hall–Kier alpha value is -0.970. The van der Waals surface area contributed by atoms with Crippen molar-refractivity contribution in [1.29, 1.82) is 0 Å². The Morgan fingerprint density at radius 1 is 1.26 bits per heavy atom. The van der Waals surface area contributed by atoms with Crippen molar-refractivity contribution in [3.63, 3.8) is 0 Å². The van der Waals surface area contributed by atoms with Crippen LogP contribution < -0.4 is 5.73 Å². The predicted molar refractivity (Wildman–Crippen MR) is 74.4 cm³/mol. The van der Waals surface area contributed by atoms with Crippen LogP contribution in [0.15, 0.2) is 24.3 Å². The van der Waals surface area contributed by atoms with Crippen LogP contribution in [0.1, 0.15) is 38.9 Å². The fraction of sp³-hybridized carbons (Fsp3) is 0.600. The molecule has 2 unspecified atom stereocenters. The van der Waals surface area contributed by atoms with Crippen molar-refractivity contribution < 1.29 is 13.9 Å². The van der Waals surface area contributed by atoms with Crippen molar-refractivity contribution >= 4 is 0 Å². The SMILES string of the molecule is COC(C)(C)CCOC(c1ccc(F)cc1)C(C)N. The minimum atomic E-state index is -0.257. The Balaban J connectivity index is 2.62. The molecule has 1 aromatic rings. The molecule has 0 saturated carbocycles. The summed E-state index contributed by atoms with van der Waals surface area (Å²) >= 11 is 0. The lowest BCUT2D eigenvalue weighted by Crippen LogP contribution is -2.30. The number of rotatable bonds is 7. The van der Waals surface area contributed by atoms with Crippen LogP contribution in [0.25, 0.3) is 0 Å². The van der Waals surface area contributed by atoms with Crippen molar-refractivity contribution in [3.05, 3.63) is 35.6 Å². The number of hydrogen-bond donors (Lipinski definition) is 1. The van der Waals surface area contributed by atoms with Crippen LogP contribution in [0.4, 0.5) is 4.39 Å². The van der Waals surface area contributed by atoms with E-state index in [1.165, 1.54) is 12.1 Å². The van der Waals surface area contributed by atoms with Gasteiger partial charge in [0.25, 0.3) is 0 Å². The first-order valence-electron chi connectivity index (χ1n) is 6.53. The predicted octanol–water partition coefficient (Wildman–Crippen LogP) is 3.05. The number of ether oxygens (including phenoxy) is 2. The average Bonchev–Trinajstić information content (AvgIpc) is 2.36. The molecule has 0 aromatic heterocycles. The van der Waals surface area contributed by atoms with E-state index in [4.69, 9.17) is 15.2 Å². The van der Waals surface area contributed by atoms with Gasteiger partial charge >= 0.3 is 0 Å². The molecule has 0 aliphatic heterocycles. The van der Waals surface area contributed by atoms with Crippen LogP contribution in [0.3, 0.4) is 0 Å². The lowest BCUT2D eigenvalue weighted by molar-refractivity contribution is -0.0317. The van der Waals surface area contributed by atoms with Crippen molar-refractivity contribution in [2.75, 3.05) is 13.7 Å². The molecule has 2 N–H and O–H groups in total. The highest BCUT2D eigenvalue weighted by molar-refractivity contribution is 5.19. The summed E-state index contributed by atoms with van der Waals surface area (Å²) in [4.78, 5) is 0. The summed E-state index contributed by atoms with van der Waals surface area (Å²) in [5.41, 5.74) is 6.62. The van der Waals surface area contributed by atoms with E-state index in [2.05, 4.69) is 0 Å². The quantitative estimate of drug-likeness (QED) is 0.827. The van der Waals surface area contributed by atoms with Crippen LogP contribution in [-0.2, 0) is 9.47 Å². The number of halogens is 1. The van der Waals surface area contributed by atoms with E-state index >= 15 is 0 Å². The normalized spacial score (nSPS) is 15.3. The Labute approximate surface area is 114 Å². The first-order chi connectivity index (χ1) is 8.85. The van der Waals surface area contributed by atoms with E-state index in [-0.39, 0.29) is 23.6 Å². The maximum absolute atomic E-state index is 12.9. The van der Waals surface area contributed by atoms with Gasteiger partial charge in [0.05, 0.1) is 18.3 Å². The van der Waals surface area contributed by atoms with Crippen molar-refractivity contribution in [2.45, 2.75) is 44.9 Å². The molecule has 0 amide bonds. The smallest absolute Gasteiger partial charge is 0.123 e. The molecule has 0 bridgehead atoms. The molecule has 19 heavy (non-hydrogen) atoms. The summed E-state index contributed by atoms with van der Waals surface area (Å²) < 4.78 is 24.1. The molecule has 1 rings (SSSR count). The summed E-state index contributed by atoms with van der Waals surface area (Å²) in [7, 11) is 1.68. The van der Waals surface area contributed by atoms with Gasteiger partial charge in [0, 0.05) is 13.2 Å². The molecule has 0 radical (unpaired) electrons. The maximum atomic E-state index is 12.9. The summed E-state index contributed by atoms with van der Waals surface area (Å²) in [6, 6.07) is 6.12. The van der Waals surface area contributed by atoms with Gasteiger partial charge in [-0.25, -0.2) is 4.39 Å². The molecule has 0 spiro atoms. The standard InChI is InChI=1S/C15H24FNO2/c1-11(17)14(12-5-7-13(16)8-6-12)19-10-9-15(2,3)18-4/h5-8,11,14H,9-10,17H2,1-4H3. The largest absolute Gasteiger partial charge is 0.379 e. The molecule has 0 fully saturated rings. The highest BCUT2D eigenvalue weighted by atomic mass is 19.1. The monoisotopic (exact) mass is 269 g/mol. The third-order valence-corrected chi connectivity index (χ3v) is 3.23. The third kappa shape index (κ3) is 5.27. The molecule has 0 aliphatic carbocycles. The highest BCUT2D eigenvalue weighted by Crippen LogP contribution is 2.22. The van der Waals surface area contributed by atoms with Gasteiger partial charge in [0.2, 0.25) is 0 Å². The summed E-state index contributed by atoms with van der Waals surface area (Å²) in [5.74, 6) is -0.257. The van der Waals surface area contributed by atoms with Crippen LogP contribution in [0.5, 0.6) is 0 Å². The first kappa shape index (κ1) is 16.1. The number of hydrogen-bond acceptors (Lipinski definition) is 3.